The highest BCUT2D eigenvalue weighted by atomic mass is 35.5. The van der Waals surface area contributed by atoms with Crippen LogP contribution < -0.4 is 0 Å². The van der Waals surface area contributed by atoms with Crippen LogP contribution in [-0.4, -0.2) is 12.0 Å². The van der Waals surface area contributed by atoms with Crippen molar-refractivity contribution in [3.8, 4) is 0 Å². The molecule has 0 amide bonds. The van der Waals surface area contributed by atoms with Crippen LogP contribution in [0.4, 0.5) is 13.2 Å². The molecule has 15 heavy (non-hydrogen) atoms. The van der Waals surface area contributed by atoms with Crippen molar-refractivity contribution < 1.29 is 18.0 Å². The van der Waals surface area contributed by atoms with E-state index >= 15 is 0 Å². The summed E-state index contributed by atoms with van der Waals surface area (Å²) in [5, 5.41) is 1.95. The Morgan fingerprint density at radius 1 is 1.47 bits per heavy atom. The van der Waals surface area contributed by atoms with Gasteiger partial charge in [0, 0.05) is 12.8 Å². The zero-order chi connectivity index (χ0) is 11.5. The van der Waals surface area contributed by atoms with Crippen LogP contribution >= 0.6 is 22.9 Å². The van der Waals surface area contributed by atoms with E-state index in [-0.39, 0.29) is 18.6 Å². The third-order valence-electron chi connectivity index (χ3n) is 1.73. The lowest BCUT2D eigenvalue weighted by Crippen LogP contribution is -2.08. The number of halogens is 4. The number of thiophene rings is 1. The van der Waals surface area contributed by atoms with Gasteiger partial charge < -0.3 is 0 Å². The van der Waals surface area contributed by atoms with Crippen molar-refractivity contribution in [1.82, 2.24) is 0 Å². The maximum Gasteiger partial charge on any atom is 0.389 e. The van der Waals surface area contributed by atoms with E-state index in [1.807, 2.05) is 0 Å². The zero-order valence-corrected chi connectivity index (χ0v) is 9.18. The van der Waals surface area contributed by atoms with Gasteiger partial charge >= 0.3 is 6.18 Å². The van der Waals surface area contributed by atoms with E-state index < -0.39 is 12.6 Å². The first kappa shape index (κ1) is 12.5. The number of alkyl halides is 3. The van der Waals surface area contributed by atoms with Crippen molar-refractivity contribution >= 4 is 28.7 Å². The van der Waals surface area contributed by atoms with Gasteiger partial charge in [-0.1, -0.05) is 11.6 Å². The summed E-state index contributed by atoms with van der Waals surface area (Å²) in [4.78, 5) is 11.7. The van der Waals surface area contributed by atoms with E-state index in [4.69, 9.17) is 11.6 Å². The fourth-order valence-electron chi connectivity index (χ4n) is 1.06. The van der Waals surface area contributed by atoms with Gasteiger partial charge in [0.1, 0.15) is 0 Å². The third-order valence-corrected chi connectivity index (χ3v) is 3.12. The molecule has 0 saturated heterocycles. The van der Waals surface area contributed by atoms with Gasteiger partial charge in [0.2, 0.25) is 0 Å². The molecule has 1 aromatic heterocycles. The Kier molecular flexibility index (Phi) is 4.16. The second-order valence-corrected chi connectivity index (χ2v) is 4.31. The number of Topliss-reactive ketones (excluding diaryl/α,β-unsaturated/α-hetero) is 1. The van der Waals surface area contributed by atoms with Crippen LogP contribution in [0.5, 0.6) is 0 Å². The molecule has 0 spiro atoms. The van der Waals surface area contributed by atoms with Gasteiger partial charge in [0.15, 0.2) is 5.78 Å². The molecule has 1 aromatic rings. The van der Waals surface area contributed by atoms with Gasteiger partial charge in [-0.05, 0) is 17.9 Å². The summed E-state index contributed by atoms with van der Waals surface area (Å²) in [5.41, 5.74) is 0. The van der Waals surface area contributed by atoms with Crippen molar-refractivity contribution in [2.75, 3.05) is 0 Å². The average molecular weight is 257 g/mol. The Morgan fingerprint density at radius 2 is 2.13 bits per heavy atom. The molecule has 0 bridgehead atoms. The van der Waals surface area contributed by atoms with Crippen molar-refractivity contribution in [2.45, 2.75) is 25.4 Å². The van der Waals surface area contributed by atoms with E-state index in [0.717, 1.165) is 11.3 Å². The SMILES string of the molecule is O=C(CCCC(F)(F)F)c1sccc1Cl. The molecule has 0 aliphatic heterocycles. The first-order valence-corrected chi connectivity index (χ1v) is 5.49. The minimum absolute atomic E-state index is 0.111. The number of rotatable bonds is 4. The Balaban J connectivity index is 2.41. The number of hydrogen-bond donors (Lipinski definition) is 0. The topological polar surface area (TPSA) is 17.1 Å². The minimum Gasteiger partial charge on any atom is -0.293 e. The molecule has 1 rings (SSSR count). The molecule has 1 heterocycles. The fraction of sp³-hybridized carbons (Fsp3) is 0.444. The quantitative estimate of drug-likeness (QED) is 0.734. The molecule has 0 aromatic carbocycles. The van der Waals surface area contributed by atoms with Gasteiger partial charge in [-0.3, -0.25) is 4.79 Å². The van der Waals surface area contributed by atoms with Crippen LogP contribution in [0.25, 0.3) is 0 Å². The van der Waals surface area contributed by atoms with Crippen LogP contribution in [-0.2, 0) is 0 Å². The second kappa shape index (κ2) is 4.99. The largest absolute Gasteiger partial charge is 0.389 e. The number of carbonyl (C=O) groups excluding carboxylic acids is 1. The lowest BCUT2D eigenvalue weighted by molar-refractivity contribution is -0.135. The third kappa shape index (κ3) is 4.22. The summed E-state index contributed by atoms with van der Waals surface area (Å²) in [6, 6.07) is 1.56. The number of hydrogen-bond acceptors (Lipinski definition) is 2. The predicted octanol–water partition coefficient (Wildman–Crippen LogP) is 4.32. The number of carbonyl (C=O) groups is 1. The van der Waals surface area contributed by atoms with E-state index in [0.29, 0.717) is 9.90 Å². The molecular weight excluding hydrogens is 249 g/mol. The summed E-state index contributed by atoms with van der Waals surface area (Å²) in [6.07, 6.45) is -5.42. The standard InChI is InChI=1S/C9H8ClF3OS/c10-6-3-5-15-8(6)7(14)2-1-4-9(11,12)13/h3,5H,1-2,4H2. The predicted molar refractivity (Wildman–Crippen MR) is 53.6 cm³/mol. The summed E-state index contributed by atoms with van der Waals surface area (Å²) in [5.74, 6) is -0.320. The Bertz CT molecular complexity index is 345. The average Bonchev–Trinajstić information content (AvgIpc) is 2.48. The van der Waals surface area contributed by atoms with Crippen LogP contribution in [0.15, 0.2) is 11.4 Å². The Morgan fingerprint density at radius 3 is 2.60 bits per heavy atom. The smallest absolute Gasteiger partial charge is 0.293 e. The molecule has 0 unspecified atom stereocenters. The summed E-state index contributed by atoms with van der Waals surface area (Å²) in [7, 11) is 0. The molecule has 0 aliphatic rings. The molecular formula is C9H8ClF3OS. The molecule has 0 N–H and O–H groups in total. The van der Waals surface area contributed by atoms with Gasteiger partial charge in [-0.2, -0.15) is 13.2 Å². The van der Waals surface area contributed by atoms with Crippen molar-refractivity contribution in [3.05, 3.63) is 21.3 Å². The molecule has 0 radical (unpaired) electrons. The van der Waals surface area contributed by atoms with Gasteiger partial charge in [0.05, 0.1) is 9.90 Å². The Labute approximate surface area is 93.9 Å². The Hall–Kier alpha value is -0.550. The highest BCUT2D eigenvalue weighted by Gasteiger charge is 2.26. The lowest BCUT2D eigenvalue weighted by atomic mass is 10.1. The molecule has 1 nitrogen and oxygen atoms in total. The molecule has 0 fully saturated rings. The van der Waals surface area contributed by atoms with Gasteiger partial charge in [-0.25, -0.2) is 0 Å². The van der Waals surface area contributed by atoms with Crippen molar-refractivity contribution in [3.63, 3.8) is 0 Å². The van der Waals surface area contributed by atoms with Gasteiger partial charge in [-0.15, -0.1) is 11.3 Å². The normalized spacial score (nSPS) is 11.7. The molecule has 6 heteroatoms. The zero-order valence-electron chi connectivity index (χ0n) is 7.60. The summed E-state index contributed by atoms with van der Waals surface area (Å²) in [6.45, 7) is 0. The van der Waals surface area contributed by atoms with E-state index in [1.54, 1.807) is 11.4 Å². The van der Waals surface area contributed by atoms with E-state index in [9.17, 15) is 18.0 Å². The first-order chi connectivity index (χ1) is 6.90. The summed E-state index contributed by atoms with van der Waals surface area (Å²) < 4.78 is 35.4. The molecule has 0 saturated carbocycles. The lowest BCUT2D eigenvalue weighted by Gasteiger charge is -2.04. The minimum atomic E-state index is -4.19. The maximum absolute atomic E-state index is 11.8. The van der Waals surface area contributed by atoms with Crippen LogP contribution in [0.2, 0.25) is 5.02 Å². The first-order valence-electron chi connectivity index (χ1n) is 4.23. The second-order valence-electron chi connectivity index (χ2n) is 2.99. The van der Waals surface area contributed by atoms with Gasteiger partial charge in [0.25, 0.3) is 0 Å². The molecule has 0 atom stereocenters. The summed E-state index contributed by atoms with van der Waals surface area (Å²) >= 11 is 6.82. The highest BCUT2D eigenvalue weighted by Crippen LogP contribution is 2.26. The van der Waals surface area contributed by atoms with Crippen LogP contribution in [0.1, 0.15) is 28.9 Å². The van der Waals surface area contributed by atoms with Crippen molar-refractivity contribution in [1.29, 1.82) is 0 Å². The molecule has 84 valence electrons. The van der Waals surface area contributed by atoms with Crippen LogP contribution in [0.3, 0.4) is 0 Å². The fourth-order valence-corrected chi connectivity index (χ4v) is 2.19. The number of ketones is 1. The van der Waals surface area contributed by atoms with E-state index in [1.165, 1.54) is 0 Å². The highest BCUT2D eigenvalue weighted by molar-refractivity contribution is 7.12. The van der Waals surface area contributed by atoms with Crippen molar-refractivity contribution in [2.24, 2.45) is 0 Å². The van der Waals surface area contributed by atoms with Crippen LogP contribution in [0, 0.1) is 0 Å². The van der Waals surface area contributed by atoms with E-state index in [2.05, 4.69) is 0 Å². The molecule has 0 aliphatic carbocycles. The monoisotopic (exact) mass is 256 g/mol. The maximum atomic E-state index is 11.8.